The molecule has 0 aliphatic carbocycles. The first kappa shape index (κ1) is 14.8. The second-order valence-electron chi connectivity index (χ2n) is 5.35. The van der Waals surface area contributed by atoms with Gasteiger partial charge < -0.3 is 5.32 Å². The smallest absolute Gasteiger partial charge is 0.183 e. The van der Waals surface area contributed by atoms with E-state index in [-0.39, 0.29) is 0 Å². The summed E-state index contributed by atoms with van der Waals surface area (Å²) in [5, 5.41) is 4.45. The summed E-state index contributed by atoms with van der Waals surface area (Å²) in [5.41, 5.74) is 3.81. The van der Waals surface area contributed by atoms with Crippen molar-refractivity contribution in [2.75, 3.05) is 5.32 Å². The highest BCUT2D eigenvalue weighted by Crippen LogP contribution is 2.24. The van der Waals surface area contributed by atoms with Crippen molar-refractivity contribution < 1.29 is 0 Å². The summed E-state index contributed by atoms with van der Waals surface area (Å²) in [7, 11) is 0. The van der Waals surface area contributed by atoms with E-state index in [2.05, 4.69) is 71.8 Å². The molecule has 1 N–H and O–H groups in total. The van der Waals surface area contributed by atoms with Crippen molar-refractivity contribution in [3.05, 3.63) is 82.4 Å². The highest BCUT2D eigenvalue weighted by Gasteiger charge is 2.07. The van der Waals surface area contributed by atoms with E-state index in [0.717, 1.165) is 30.2 Å². The van der Waals surface area contributed by atoms with Crippen LogP contribution in [0.25, 0.3) is 0 Å². The molecule has 0 spiro atoms. The van der Waals surface area contributed by atoms with Crippen LogP contribution in [0, 0.1) is 6.92 Å². The fourth-order valence-corrected chi connectivity index (χ4v) is 3.37. The second kappa shape index (κ2) is 7.23. The Morgan fingerprint density at radius 1 is 0.864 bits per heavy atom. The van der Waals surface area contributed by atoms with Gasteiger partial charge in [-0.15, -0.1) is 11.3 Å². The van der Waals surface area contributed by atoms with Crippen LogP contribution in [0.1, 0.15) is 21.7 Å². The summed E-state index contributed by atoms with van der Waals surface area (Å²) in [6.07, 6.45) is 2.13. The quantitative estimate of drug-likeness (QED) is 0.704. The Bertz CT molecular complexity index is 705. The average molecular weight is 308 g/mol. The molecule has 3 heteroatoms. The number of hydrogen-bond acceptors (Lipinski definition) is 3. The third kappa shape index (κ3) is 3.95. The number of aryl methyl sites for hydroxylation is 3. The lowest BCUT2D eigenvalue weighted by Crippen LogP contribution is -1.98. The van der Waals surface area contributed by atoms with Crippen LogP contribution in [-0.4, -0.2) is 4.98 Å². The minimum Gasteiger partial charge on any atom is -0.357 e. The van der Waals surface area contributed by atoms with Crippen LogP contribution in [0.5, 0.6) is 0 Å². The molecule has 3 rings (SSSR count). The van der Waals surface area contributed by atoms with Gasteiger partial charge in [0.15, 0.2) is 5.13 Å². The van der Waals surface area contributed by atoms with Crippen LogP contribution < -0.4 is 5.32 Å². The normalized spacial score (nSPS) is 10.6. The summed E-state index contributed by atoms with van der Waals surface area (Å²) in [6, 6.07) is 21.1. The van der Waals surface area contributed by atoms with Gasteiger partial charge >= 0.3 is 0 Å². The van der Waals surface area contributed by atoms with E-state index in [4.69, 9.17) is 0 Å². The zero-order chi connectivity index (χ0) is 15.2. The SMILES string of the molecule is Cc1nc(NCc2ccccc2)sc1CCc1ccccc1. The summed E-state index contributed by atoms with van der Waals surface area (Å²) >= 11 is 1.78. The number of nitrogens with one attached hydrogen (secondary N) is 1. The Morgan fingerprint density at radius 3 is 2.18 bits per heavy atom. The number of anilines is 1. The van der Waals surface area contributed by atoms with Gasteiger partial charge in [-0.3, -0.25) is 0 Å². The summed E-state index contributed by atoms with van der Waals surface area (Å²) in [6.45, 7) is 2.93. The van der Waals surface area contributed by atoms with Gasteiger partial charge in [-0.05, 0) is 30.9 Å². The molecule has 0 saturated heterocycles. The van der Waals surface area contributed by atoms with E-state index in [1.54, 1.807) is 11.3 Å². The van der Waals surface area contributed by atoms with E-state index in [1.165, 1.54) is 16.0 Å². The molecule has 0 aliphatic heterocycles. The Kier molecular flexibility index (Phi) is 4.86. The zero-order valence-electron chi connectivity index (χ0n) is 12.8. The second-order valence-corrected chi connectivity index (χ2v) is 6.44. The topological polar surface area (TPSA) is 24.9 Å². The molecule has 0 unspecified atom stereocenters. The van der Waals surface area contributed by atoms with Crippen LogP contribution in [0.15, 0.2) is 60.7 Å². The molecule has 0 aliphatic rings. The summed E-state index contributed by atoms with van der Waals surface area (Å²) in [5.74, 6) is 0. The number of nitrogens with zero attached hydrogens (tertiary/aromatic N) is 1. The van der Waals surface area contributed by atoms with Gasteiger partial charge in [-0.2, -0.15) is 0 Å². The largest absolute Gasteiger partial charge is 0.357 e. The highest BCUT2D eigenvalue weighted by atomic mass is 32.1. The van der Waals surface area contributed by atoms with Crippen LogP contribution in [0.3, 0.4) is 0 Å². The predicted molar refractivity (Wildman–Crippen MR) is 94.5 cm³/mol. The Balaban J connectivity index is 1.59. The molecule has 112 valence electrons. The molecule has 2 nitrogen and oxygen atoms in total. The zero-order valence-corrected chi connectivity index (χ0v) is 13.6. The predicted octanol–water partition coefficient (Wildman–Crippen LogP) is 4.85. The lowest BCUT2D eigenvalue weighted by Gasteiger charge is -2.02. The van der Waals surface area contributed by atoms with Crippen molar-refractivity contribution in [2.45, 2.75) is 26.3 Å². The number of hydrogen-bond donors (Lipinski definition) is 1. The van der Waals surface area contributed by atoms with Gasteiger partial charge in [0.25, 0.3) is 0 Å². The maximum absolute atomic E-state index is 4.65. The number of thiazole rings is 1. The van der Waals surface area contributed by atoms with Gasteiger partial charge in [0.2, 0.25) is 0 Å². The molecule has 0 fully saturated rings. The van der Waals surface area contributed by atoms with Gasteiger partial charge in [0.1, 0.15) is 0 Å². The molecule has 1 heterocycles. The summed E-state index contributed by atoms with van der Waals surface area (Å²) < 4.78 is 0. The number of rotatable bonds is 6. The Morgan fingerprint density at radius 2 is 1.50 bits per heavy atom. The van der Waals surface area contributed by atoms with E-state index >= 15 is 0 Å². The molecule has 0 bridgehead atoms. The molecule has 2 aromatic carbocycles. The van der Waals surface area contributed by atoms with Crippen LogP contribution in [-0.2, 0) is 19.4 Å². The van der Waals surface area contributed by atoms with Crippen molar-refractivity contribution >= 4 is 16.5 Å². The fraction of sp³-hybridized carbons (Fsp3) is 0.211. The molecule has 3 aromatic rings. The maximum Gasteiger partial charge on any atom is 0.183 e. The van der Waals surface area contributed by atoms with E-state index in [1.807, 2.05) is 6.07 Å². The van der Waals surface area contributed by atoms with E-state index < -0.39 is 0 Å². The lowest BCUT2D eigenvalue weighted by molar-refractivity contribution is 0.962. The molecule has 0 saturated carbocycles. The monoisotopic (exact) mass is 308 g/mol. The summed E-state index contributed by atoms with van der Waals surface area (Å²) in [4.78, 5) is 6.02. The standard InChI is InChI=1S/C19H20N2S/c1-15-18(13-12-16-8-4-2-5-9-16)22-19(21-15)20-14-17-10-6-3-7-11-17/h2-11H,12-14H2,1H3,(H,20,21). The van der Waals surface area contributed by atoms with Crippen molar-refractivity contribution in [1.82, 2.24) is 4.98 Å². The van der Waals surface area contributed by atoms with E-state index in [9.17, 15) is 0 Å². The number of benzene rings is 2. The van der Waals surface area contributed by atoms with Gasteiger partial charge in [0.05, 0.1) is 5.69 Å². The van der Waals surface area contributed by atoms with Crippen LogP contribution in [0.4, 0.5) is 5.13 Å². The first-order chi connectivity index (χ1) is 10.8. The average Bonchev–Trinajstić information content (AvgIpc) is 2.93. The molecular weight excluding hydrogens is 288 g/mol. The van der Waals surface area contributed by atoms with Crippen LogP contribution >= 0.6 is 11.3 Å². The third-order valence-corrected chi connectivity index (χ3v) is 4.84. The van der Waals surface area contributed by atoms with Gasteiger partial charge in [0, 0.05) is 11.4 Å². The third-order valence-electron chi connectivity index (χ3n) is 3.66. The molecular formula is C19H20N2S. The van der Waals surface area contributed by atoms with Crippen molar-refractivity contribution in [2.24, 2.45) is 0 Å². The minimum absolute atomic E-state index is 0.825. The fourth-order valence-electron chi connectivity index (χ4n) is 2.41. The molecule has 0 radical (unpaired) electrons. The van der Waals surface area contributed by atoms with Crippen molar-refractivity contribution in [3.63, 3.8) is 0 Å². The van der Waals surface area contributed by atoms with E-state index in [0.29, 0.717) is 0 Å². The van der Waals surface area contributed by atoms with Gasteiger partial charge in [-0.1, -0.05) is 60.7 Å². The molecule has 1 aromatic heterocycles. The minimum atomic E-state index is 0.825. The Labute approximate surface area is 135 Å². The highest BCUT2D eigenvalue weighted by molar-refractivity contribution is 7.15. The lowest BCUT2D eigenvalue weighted by atomic mass is 10.1. The molecule has 0 atom stereocenters. The van der Waals surface area contributed by atoms with Crippen molar-refractivity contribution in [1.29, 1.82) is 0 Å². The molecule has 22 heavy (non-hydrogen) atoms. The molecule has 0 amide bonds. The number of aromatic nitrogens is 1. The Hall–Kier alpha value is -2.13. The van der Waals surface area contributed by atoms with Crippen molar-refractivity contribution in [3.8, 4) is 0 Å². The first-order valence-corrected chi connectivity index (χ1v) is 8.41. The van der Waals surface area contributed by atoms with Crippen LogP contribution in [0.2, 0.25) is 0 Å². The maximum atomic E-state index is 4.65. The first-order valence-electron chi connectivity index (χ1n) is 7.59. The van der Waals surface area contributed by atoms with Gasteiger partial charge in [-0.25, -0.2) is 4.98 Å².